The predicted molar refractivity (Wildman–Crippen MR) is 64.7 cm³/mol. The molecule has 1 amide bonds. The van der Waals surface area contributed by atoms with E-state index < -0.39 is 11.4 Å². The second-order valence-corrected chi connectivity index (χ2v) is 4.99. The molecular formula is C12H22N2O3. The number of carbonyl (C=O) groups excluding carboxylic acids is 1. The zero-order valence-corrected chi connectivity index (χ0v) is 10.6. The minimum Gasteiger partial charge on any atom is -0.481 e. The number of nitrogens with one attached hydrogen (secondary N) is 2. The van der Waals surface area contributed by atoms with Crippen LogP contribution in [0.1, 0.15) is 39.5 Å². The number of hydrogen-bond donors (Lipinski definition) is 3. The van der Waals surface area contributed by atoms with Gasteiger partial charge in [-0.25, -0.2) is 0 Å². The molecule has 0 saturated carbocycles. The SMILES string of the molecule is CCC(C)(CNC(=O)CC1CCCN1)C(=O)O. The van der Waals surface area contributed by atoms with Crippen LogP contribution in [0, 0.1) is 5.41 Å². The van der Waals surface area contributed by atoms with Crippen molar-refractivity contribution in [3.63, 3.8) is 0 Å². The van der Waals surface area contributed by atoms with E-state index in [2.05, 4.69) is 10.6 Å². The molecule has 5 heteroatoms. The van der Waals surface area contributed by atoms with Crippen LogP contribution in [0.4, 0.5) is 0 Å². The highest BCUT2D eigenvalue weighted by atomic mass is 16.4. The molecule has 1 heterocycles. The van der Waals surface area contributed by atoms with Gasteiger partial charge in [0.15, 0.2) is 0 Å². The molecule has 0 aromatic heterocycles. The summed E-state index contributed by atoms with van der Waals surface area (Å²) in [5.41, 5.74) is -0.862. The highest BCUT2D eigenvalue weighted by molar-refractivity contribution is 5.79. The van der Waals surface area contributed by atoms with Crippen molar-refractivity contribution >= 4 is 11.9 Å². The Hall–Kier alpha value is -1.10. The second-order valence-electron chi connectivity index (χ2n) is 4.99. The number of rotatable bonds is 6. The lowest BCUT2D eigenvalue weighted by Crippen LogP contribution is -2.42. The predicted octanol–water partition coefficient (Wildman–Crippen LogP) is 0.746. The summed E-state index contributed by atoms with van der Waals surface area (Å²) in [6.07, 6.45) is 3.08. The van der Waals surface area contributed by atoms with E-state index in [0.717, 1.165) is 19.4 Å². The molecule has 1 rings (SSSR count). The molecule has 1 fully saturated rings. The molecular weight excluding hydrogens is 220 g/mol. The third-order valence-corrected chi connectivity index (χ3v) is 3.57. The first-order valence-corrected chi connectivity index (χ1v) is 6.21. The van der Waals surface area contributed by atoms with Gasteiger partial charge in [-0.15, -0.1) is 0 Å². The molecule has 17 heavy (non-hydrogen) atoms. The van der Waals surface area contributed by atoms with Crippen LogP contribution < -0.4 is 10.6 Å². The average molecular weight is 242 g/mol. The summed E-state index contributed by atoms with van der Waals surface area (Å²) in [6.45, 7) is 4.65. The maximum Gasteiger partial charge on any atom is 0.311 e. The Kier molecular flexibility index (Phi) is 4.93. The zero-order valence-electron chi connectivity index (χ0n) is 10.6. The van der Waals surface area contributed by atoms with Gasteiger partial charge in [0.25, 0.3) is 0 Å². The summed E-state index contributed by atoms with van der Waals surface area (Å²) in [4.78, 5) is 22.7. The number of hydrogen-bond acceptors (Lipinski definition) is 3. The van der Waals surface area contributed by atoms with E-state index in [1.165, 1.54) is 0 Å². The fourth-order valence-corrected chi connectivity index (χ4v) is 1.87. The fraction of sp³-hybridized carbons (Fsp3) is 0.833. The Bertz CT molecular complexity index is 287. The van der Waals surface area contributed by atoms with Crippen LogP contribution in [-0.2, 0) is 9.59 Å². The molecule has 0 bridgehead atoms. The van der Waals surface area contributed by atoms with Gasteiger partial charge in [0.1, 0.15) is 0 Å². The van der Waals surface area contributed by atoms with E-state index in [1.54, 1.807) is 6.92 Å². The minimum absolute atomic E-state index is 0.0645. The van der Waals surface area contributed by atoms with E-state index in [9.17, 15) is 9.59 Å². The average Bonchev–Trinajstić information content (AvgIpc) is 2.78. The molecule has 0 aromatic rings. The van der Waals surface area contributed by atoms with Crippen molar-refractivity contribution in [3.8, 4) is 0 Å². The van der Waals surface area contributed by atoms with Crippen molar-refractivity contribution in [3.05, 3.63) is 0 Å². The highest BCUT2D eigenvalue weighted by Crippen LogP contribution is 2.20. The standard InChI is InChI=1S/C12H22N2O3/c1-3-12(2,11(16)17)8-14-10(15)7-9-5-4-6-13-9/h9,13H,3-8H2,1-2H3,(H,14,15)(H,16,17). The van der Waals surface area contributed by atoms with Crippen LogP contribution in [0.25, 0.3) is 0 Å². The van der Waals surface area contributed by atoms with Crippen molar-refractivity contribution in [2.45, 2.75) is 45.6 Å². The van der Waals surface area contributed by atoms with E-state index in [1.807, 2.05) is 6.92 Å². The molecule has 0 aromatic carbocycles. The van der Waals surface area contributed by atoms with Crippen LogP contribution in [0.3, 0.4) is 0 Å². The van der Waals surface area contributed by atoms with Crippen LogP contribution in [0.15, 0.2) is 0 Å². The molecule has 0 spiro atoms. The third kappa shape index (κ3) is 4.00. The summed E-state index contributed by atoms with van der Waals surface area (Å²) >= 11 is 0. The smallest absolute Gasteiger partial charge is 0.311 e. The molecule has 5 nitrogen and oxygen atoms in total. The second kappa shape index (κ2) is 6.00. The molecule has 3 N–H and O–H groups in total. The summed E-state index contributed by atoms with van der Waals surface area (Å²) in [5, 5.41) is 15.0. The molecule has 1 aliphatic heterocycles. The Morgan fingerprint density at radius 1 is 1.53 bits per heavy atom. The largest absolute Gasteiger partial charge is 0.481 e. The molecule has 98 valence electrons. The minimum atomic E-state index is -0.862. The quantitative estimate of drug-likeness (QED) is 0.642. The lowest BCUT2D eigenvalue weighted by Gasteiger charge is -2.23. The number of carboxylic acids is 1. The first kappa shape index (κ1) is 14.0. The van der Waals surface area contributed by atoms with E-state index in [4.69, 9.17) is 5.11 Å². The van der Waals surface area contributed by atoms with E-state index >= 15 is 0 Å². The number of carboxylic acid groups (broad SMARTS) is 1. The highest BCUT2D eigenvalue weighted by Gasteiger charge is 2.31. The van der Waals surface area contributed by atoms with E-state index in [0.29, 0.717) is 12.8 Å². The number of carbonyl (C=O) groups is 2. The Morgan fingerprint density at radius 2 is 2.24 bits per heavy atom. The monoisotopic (exact) mass is 242 g/mol. The van der Waals surface area contributed by atoms with Gasteiger partial charge >= 0.3 is 5.97 Å². The summed E-state index contributed by atoms with van der Waals surface area (Å²) < 4.78 is 0. The molecule has 0 aliphatic carbocycles. The fourth-order valence-electron chi connectivity index (χ4n) is 1.87. The van der Waals surface area contributed by atoms with Gasteiger partial charge in [0.05, 0.1) is 5.41 Å². The summed E-state index contributed by atoms with van der Waals surface area (Å²) in [5.74, 6) is -0.926. The van der Waals surface area contributed by atoms with Crippen LogP contribution in [0.2, 0.25) is 0 Å². The van der Waals surface area contributed by atoms with Gasteiger partial charge in [0, 0.05) is 19.0 Å². The maximum absolute atomic E-state index is 11.6. The van der Waals surface area contributed by atoms with Crippen molar-refractivity contribution in [2.24, 2.45) is 5.41 Å². The first-order valence-electron chi connectivity index (χ1n) is 6.21. The zero-order chi connectivity index (χ0) is 12.9. The van der Waals surface area contributed by atoms with Crippen LogP contribution in [-0.4, -0.2) is 36.1 Å². The lowest BCUT2D eigenvalue weighted by molar-refractivity contribution is -0.148. The van der Waals surface area contributed by atoms with Crippen molar-refractivity contribution in [2.75, 3.05) is 13.1 Å². The van der Waals surface area contributed by atoms with Crippen LogP contribution >= 0.6 is 0 Å². The molecule has 1 saturated heterocycles. The molecule has 0 radical (unpaired) electrons. The Morgan fingerprint density at radius 3 is 2.71 bits per heavy atom. The van der Waals surface area contributed by atoms with Gasteiger partial charge in [-0.05, 0) is 32.7 Å². The number of amides is 1. The van der Waals surface area contributed by atoms with Gasteiger partial charge in [-0.3, -0.25) is 9.59 Å². The first-order chi connectivity index (χ1) is 7.98. The summed E-state index contributed by atoms with van der Waals surface area (Å²) in [7, 11) is 0. The number of aliphatic carboxylic acids is 1. The van der Waals surface area contributed by atoms with Gasteiger partial charge in [-0.1, -0.05) is 6.92 Å². The van der Waals surface area contributed by atoms with Gasteiger partial charge in [0.2, 0.25) is 5.91 Å². The lowest BCUT2D eigenvalue weighted by atomic mass is 9.87. The van der Waals surface area contributed by atoms with Crippen molar-refractivity contribution in [1.29, 1.82) is 0 Å². The van der Waals surface area contributed by atoms with Crippen LogP contribution in [0.5, 0.6) is 0 Å². The van der Waals surface area contributed by atoms with Crippen molar-refractivity contribution in [1.82, 2.24) is 10.6 Å². The summed E-state index contributed by atoms with van der Waals surface area (Å²) in [6, 6.07) is 0.257. The molecule has 1 aliphatic rings. The molecule has 2 unspecified atom stereocenters. The van der Waals surface area contributed by atoms with Gasteiger partial charge in [-0.2, -0.15) is 0 Å². The maximum atomic E-state index is 11.6. The van der Waals surface area contributed by atoms with Crippen molar-refractivity contribution < 1.29 is 14.7 Å². The molecule has 2 atom stereocenters. The van der Waals surface area contributed by atoms with E-state index in [-0.39, 0.29) is 18.5 Å². The Balaban J connectivity index is 2.33. The Labute approximate surface area is 102 Å². The third-order valence-electron chi connectivity index (χ3n) is 3.57. The van der Waals surface area contributed by atoms with Gasteiger partial charge < -0.3 is 15.7 Å². The normalized spacial score (nSPS) is 23.1. The topological polar surface area (TPSA) is 78.4 Å².